The molecule has 1 rings (SSSR count). The van der Waals surface area contributed by atoms with E-state index in [-0.39, 0.29) is 5.91 Å². The molecule has 0 bridgehead atoms. The lowest BCUT2D eigenvalue weighted by Gasteiger charge is -2.22. The average Bonchev–Trinajstić information content (AvgIpc) is 2.42. The summed E-state index contributed by atoms with van der Waals surface area (Å²) in [4.78, 5) is 14.3. The van der Waals surface area contributed by atoms with Gasteiger partial charge in [-0.1, -0.05) is 12.1 Å². The molecule has 0 atom stereocenters. The van der Waals surface area contributed by atoms with Crippen molar-refractivity contribution >= 4 is 21.8 Å². The van der Waals surface area contributed by atoms with Crippen LogP contribution in [0.2, 0.25) is 0 Å². The highest BCUT2D eigenvalue weighted by Crippen LogP contribution is 2.18. The van der Waals surface area contributed by atoms with Crippen molar-refractivity contribution in [2.75, 3.05) is 40.5 Å². The Bertz CT molecular complexity index is 398. The van der Waals surface area contributed by atoms with E-state index in [2.05, 4.69) is 15.9 Å². The van der Waals surface area contributed by atoms with Crippen LogP contribution in [0.15, 0.2) is 28.7 Å². The summed E-state index contributed by atoms with van der Waals surface area (Å²) in [5, 5.41) is 0. The molecule has 4 nitrogen and oxygen atoms in total. The Kier molecular flexibility index (Phi) is 7.70. The SMILES string of the molecule is COCCCN(CCOC)C(=O)c1ccccc1Br. The van der Waals surface area contributed by atoms with Gasteiger partial charge in [0.25, 0.3) is 5.91 Å². The number of halogens is 1. The van der Waals surface area contributed by atoms with Gasteiger partial charge in [-0.25, -0.2) is 0 Å². The van der Waals surface area contributed by atoms with E-state index in [4.69, 9.17) is 9.47 Å². The first-order valence-electron chi connectivity index (χ1n) is 6.22. The topological polar surface area (TPSA) is 38.8 Å². The minimum absolute atomic E-state index is 0.0145. The van der Waals surface area contributed by atoms with Crippen LogP contribution in [0.5, 0.6) is 0 Å². The molecule has 106 valence electrons. The van der Waals surface area contributed by atoms with Crippen LogP contribution in [-0.2, 0) is 9.47 Å². The standard InChI is InChI=1S/C14H20BrNO3/c1-18-10-5-8-16(9-11-19-2)14(17)12-6-3-4-7-13(12)15/h3-4,6-7H,5,8-11H2,1-2H3. The number of nitrogens with zero attached hydrogens (tertiary/aromatic N) is 1. The fraction of sp³-hybridized carbons (Fsp3) is 0.500. The first-order valence-corrected chi connectivity index (χ1v) is 7.01. The molecular weight excluding hydrogens is 310 g/mol. The minimum atomic E-state index is 0.0145. The van der Waals surface area contributed by atoms with Crippen molar-refractivity contribution in [2.24, 2.45) is 0 Å². The zero-order valence-electron chi connectivity index (χ0n) is 11.4. The van der Waals surface area contributed by atoms with Crippen molar-refractivity contribution in [3.63, 3.8) is 0 Å². The lowest BCUT2D eigenvalue weighted by molar-refractivity contribution is 0.0673. The second-order valence-corrected chi connectivity index (χ2v) is 4.97. The van der Waals surface area contributed by atoms with Crippen molar-refractivity contribution in [1.29, 1.82) is 0 Å². The molecule has 0 unspecified atom stereocenters. The summed E-state index contributed by atoms with van der Waals surface area (Å²) >= 11 is 3.41. The number of hydrogen-bond acceptors (Lipinski definition) is 3. The Labute approximate surface area is 122 Å². The second kappa shape index (κ2) is 9.07. The first kappa shape index (κ1) is 16.1. The number of benzene rings is 1. The monoisotopic (exact) mass is 329 g/mol. The van der Waals surface area contributed by atoms with Crippen molar-refractivity contribution in [3.8, 4) is 0 Å². The number of amides is 1. The van der Waals surface area contributed by atoms with E-state index in [0.29, 0.717) is 31.9 Å². The predicted octanol–water partition coefficient (Wildman–Crippen LogP) is 2.57. The summed E-state index contributed by atoms with van der Waals surface area (Å²) in [5.74, 6) is 0.0145. The van der Waals surface area contributed by atoms with Gasteiger partial charge in [0.15, 0.2) is 0 Å². The summed E-state index contributed by atoms with van der Waals surface area (Å²) in [5.41, 5.74) is 0.677. The summed E-state index contributed by atoms with van der Waals surface area (Å²) in [7, 11) is 3.30. The van der Waals surface area contributed by atoms with Crippen LogP contribution in [-0.4, -0.2) is 51.3 Å². The largest absolute Gasteiger partial charge is 0.385 e. The Morgan fingerprint density at radius 2 is 1.84 bits per heavy atom. The van der Waals surface area contributed by atoms with Crippen molar-refractivity contribution < 1.29 is 14.3 Å². The Morgan fingerprint density at radius 1 is 1.16 bits per heavy atom. The van der Waals surface area contributed by atoms with Crippen LogP contribution < -0.4 is 0 Å². The van der Waals surface area contributed by atoms with Gasteiger partial charge in [0, 0.05) is 38.4 Å². The van der Waals surface area contributed by atoms with E-state index in [1.54, 1.807) is 19.1 Å². The fourth-order valence-corrected chi connectivity index (χ4v) is 2.18. The van der Waals surface area contributed by atoms with Crippen LogP contribution in [0.1, 0.15) is 16.8 Å². The van der Waals surface area contributed by atoms with E-state index in [9.17, 15) is 4.79 Å². The highest BCUT2D eigenvalue weighted by atomic mass is 79.9. The molecule has 19 heavy (non-hydrogen) atoms. The molecule has 5 heteroatoms. The molecular formula is C14H20BrNO3. The molecule has 0 radical (unpaired) electrons. The van der Waals surface area contributed by atoms with Gasteiger partial charge >= 0.3 is 0 Å². The van der Waals surface area contributed by atoms with E-state index in [1.165, 1.54) is 0 Å². The van der Waals surface area contributed by atoms with Crippen LogP contribution in [0.25, 0.3) is 0 Å². The minimum Gasteiger partial charge on any atom is -0.385 e. The van der Waals surface area contributed by atoms with Crippen LogP contribution in [0, 0.1) is 0 Å². The molecule has 0 heterocycles. The van der Waals surface area contributed by atoms with Crippen molar-refractivity contribution in [2.45, 2.75) is 6.42 Å². The maximum atomic E-state index is 12.5. The summed E-state index contributed by atoms with van der Waals surface area (Å²) in [6.45, 7) is 2.42. The van der Waals surface area contributed by atoms with Crippen molar-refractivity contribution in [1.82, 2.24) is 4.90 Å². The molecule has 1 amide bonds. The van der Waals surface area contributed by atoms with E-state index < -0.39 is 0 Å². The molecule has 0 aliphatic carbocycles. The van der Waals surface area contributed by atoms with Crippen LogP contribution in [0.3, 0.4) is 0 Å². The summed E-state index contributed by atoms with van der Waals surface area (Å²) < 4.78 is 10.9. The number of carbonyl (C=O) groups excluding carboxylic acids is 1. The van der Waals surface area contributed by atoms with Crippen LogP contribution >= 0.6 is 15.9 Å². The highest BCUT2D eigenvalue weighted by Gasteiger charge is 2.17. The molecule has 0 aliphatic rings. The first-order chi connectivity index (χ1) is 9.20. The zero-order chi connectivity index (χ0) is 14.1. The van der Waals surface area contributed by atoms with E-state index in [0.717, 1.165) is 10.9 Å². The van der Waals surface area contributed by atoms with Gasteiger partial charge in [-0.3, -0.25) is 4.79 Å². The number of ether oxygens (including phenoxy) is 2. The van der Waals surface area contributed by atoms with Gasteiger partial charge in [0.2, 0.25) is 0 Å². The molecule has 0 aromatic heterocycles. The Hall–Kier alpha value is -0.910. The molecule has 1 aromatic carbocycles. The smallest absolute Gasteiger partial charge is 0.255 e. The number of rotatable bonds is 8. The van der Waals surface area contributed by atoms with Gasteiger partial charge < -0.3 is 14.4 Å². The normalized spacial score (nSPS) is 10.5. The maximum absolute atomic E-state index is 12.5. The maximum Gasteiger partial charge on any atom is 0.255 e. The van der Waals surface area contributed by atoms with Crippen molar-refractivity contribution in [3.05, 3.63) is 34.3 Å². The Balaban J connectivity index is 2.72. The zero-order valence-corrected chi connectivity index (χ0v) is 13.0. The second-order valence-electron chi connectivity index (χ2n) is 4.11. The van der Waals surface area contributed by atoms with Gasteiger partial charge in [-0.05, 0) is 34.5 Å². The highest BCUT2D eigenvalue weighted by molar-refractivity contribution is 9.10. The van der Waals surface area contributed by atoms with Crippen LogP contribution in [0.4, 0.5) is 0 Å². The third-order valence-corrected chi connectivity index (χ3v) is 3.42. The number of hydrogen-bond donors (Lipinski definition) is 0. The lowest BCUT2D eigenvalue weighted by Crippen LogP contribution is -2.35. The quantitative estimate of drug-likeness (QED) is 0.688. The molecule has 0 N–H and O–H groups in total. The Morgan fingerprint density at radius 3 is 2.47 bits per heavy atom. The lowest BCUT2D eigenvalue weighted by atomic mass is 10.2. The predicted molar refractivity (Wildman–Crippen MR) is 78.4 cm³/mol. The van der Waals surface area contributed by atoms with Gasteiger partial charge in [0.1, 0.15) is 0 Å². The third kappa shape index (κ3) is 5.30. The van der Waals surface area contributed by atoms with E-state index >= 15 is 0 Å². The molecule has 0 saturated carbocycles. The molecule has 0 spiro atoms. The molecule has 0 fully saturated rings. The summed E-state index contributed by atoms with van der Waals surface area (Å²) in [6, 6.07) is 7.45. The van der Waals surface area contributed by atoms with Gasteiger partial charge in [0.05, 0.1) is 12.2 Å². The number of methoxy groups -OCH3 is 2. The third-order valence-electron chi connectivity index (χ3n) is 2.73. The van der Waals surface area contributed by atoms with Gasteiger partial charge in [-0.2, -0.15) is 0 Å². The molecule has 1 aromatic rings. The number of carbonyl (C=O) groups is 1. The van der Waals surface area contributed by atoms with Gasteiger partial charge in [-0.15, -0.1) is 0 Å². The summed E-state index contributed by atoms with van der Waals surface area (Å²) in [6.07, 6.45) is 0.816. The molecule has 0 aliphatic heterocycles. The van der Waals surface area contributed by atoms with E-state index in [1.807, 2.05) is 24.3 Å². The fourth-order valence-electron chi connectivity index (χ4n) is 1.72. The average molecular weight is 330 g/mol. The molecule has 0 saturated heterocycles.